The first-order chi connectivity index (χ1) is 7.69. The maximum atomic E-state index is 11.0. The Morgan fingerprint density at radius 3 is 2.94 bits per heavy atom. The Kier molecular flexibility index (Phi) is 5.08. The van der Waals surface area contributed by atoms with Gasteiger partial charge >= 0.3 is 0 Å². The van der Waals surface area contributed by atoms with Crippen molar-refractivity contribution in [1.82, 2.24) is 5.32 Å². The highest BCUT2D eigenvalue weighted by Crippen LogP contribution is 2.28. The van der Waals surface area contributed by atoms with E-state index in [4.69, 9.17) is 22.1 Å². The Morgan fingerprint density at radius 1 is 1.56 bits per heavy atom. The molecule has 1 aromatic rings. The normalized spacial score (nSPS) is 9.94. The topological polar surface area (TPSA) is 64.3 Å². The molecule has 0 aliphatic carbocycles. The van der Waals surface area contributed by atoms with Crippen LogP contribution in [0.25, 0.3) is 0 Å². The van der Waals surface area contributed by atoms with E-state index in [2.05, 4.69) is 5.32 Å². The lowest BCUT2D eigenvalue weighted by Crippen LogP contribution is -2.20. The molecular formula is C11H15ClN2O2. The molecule has 0 spiro atoms. The van der Waals surface area contributed by atoms with Crippen LogP contribution in [0.15, 0.2) is 18.2 Å². The summed E-state index contributed by atoms with van der Waals surface area (Å²) in [5.41, 5.74) is 6.40. The van der Waals surface area contributed by atoms with Gasteiger partial charge in [0.05, 0.1) is 18.1 Å². The fourth-order valence-electron chi connectivity index (χ4n) is 1.25. The molecule has 0 fully saturated rings. The summed E-state index contributed by atoms with van der Waals surface area (Å²) < 4.78 is 5.46. The van der Waals surface area contributed by atoms with Crippen LogP contribution in [0.4, 0.5) is 0 Å². The number of carbonyl (C=O) groups excluding carboxylic acids is 1. The van der Waals surface area contributed by atoms with Gasteiger partial charge in [0.1, 0.15) is 5.75 Å². The summed E-state index contributed by atoms with van der Waals surface area (Å²) in [4.78, 5) is 11.0. The molecule has 3 N–H and O–H groups in total. The summed E-state index contributed by atoms with van der Waals surface area (Å²) in [6, 6.07) is 5.40. The summed E-state index contributed by atoms with van der Waals surface area (Å²) >= 11 is 5.98. The summed E-state index contributed by atoms with van der Waals surface area (Å²) in [6.45, 7) is 0.645. The summed E-state index contributed by atoms with van der Waals surface area (Å²) in [5, 5.41) is 3.03. The molecule has 4 nitrogen and oxygen atoms in total. The molecule has 0 aromatic heterocycles. The van der Waals surface area contributed by atoms with E-state index in [-0.39, 0.29) is 12.5 Å². The van der Waals surface area contributed by atoms with Crippen LogP contribution in [-0.4, -0.2) is 19.6 Å². The Hall–Kier alpha value is -1.26. The van der Waals surface area contributed by atoms with Crippen LogP contribution in [0.2, 0.25) is 5.02 Å². The Bertz CT molecular complexity index is 369. The average Bonchev–Trinajstić information content (AvgIpc) is 2.30. The first-order valence-electron chi connectivity index (χ1n) is 5.00. The highest BCUT2D eigenvalue weighted by molar-refractivity contribution is 6.32. The molecule has 0 atom stereocenters. The van der Waals surface area contributed by atoms with E-state index in [1.807, 2.05) is 12.1 Å². The molecule has 0 radical (unpaired) electrons. The second kappa shape index (κ2) is 6.35. The smallest absolute Gasteiger partial charge is 0.223 e. The number of benzene rings is 1. The van der Waals surface area contributed by atoms with Crippen LogP contribution in [0, 0.1) is 0 Å². The largest absolute Gasteiger partial charge is 0.491 e. The third kappa shape index (κ3) is 3.40. The standard InChI is InChI=1S/C11H15ClN2O2/c1-14-10(15)5-6-16-11-8(7-13)3-2-4-9(11)12/h2-4H,5-7,13H2,1H3,(H,14,15). The van der Waals surface area contributed by atoms with Crippen molar-refractivity contribution in [3.8, 4) is 5.75 Å². The van der Waals surface area contributed by atoms with Crippen molar-refractivity contribution in [2.45, 2.75) is 13.0 Å². The second-order valence-electron chi connectivity index (χ2n) is 3.20. The maximum absolute atomic E-state index is 11.0. The van der Waals surface area contributed by atoms with Gasteiger partial charge in [0.2, 0.25) is 5.91 Å². The Balaban J connectivity index is 2.62. The maximum Gasteiger partial charge on any atom is 0.223 e. The van der Waals surface area contributed by atoms with Crippen LogP contribution in [0.3, 0.4) is 0 Å². The molecule has 0 saturated carbocycles. The van der Waals surface area contributed by atoms with E-state index in [1.165, 1.54) is 0 Å². The molecule has 0 heterocycles. The zero-order chi connectivity index (χ0) is 12.0. The lowest BCUT2D eigenvalue weighted by atomic mass is 10.2. The van der Waals surface area contributed by atoms with E-state index in [0.717, 1.165) is 5.56 Å². The fraction of sp³-hybridized carbons (Fsp3) is 0.364. The Labute approximate surface area is 99.7 Å². The number of para-hydroxylation sites is 1. The molecule has 0 aliphatic rings. The summed E-state index contributed by atoms with van der Waals surface area (Å²) in [5.74, 6) is 0.497. The van der Waals surface area contributed by atoms with Crippen LogP contribution in [0.5, 0.6) is 5.75 Å². The molecule has 0 bridgehead atoms. The quantitative estimate of drug-likeness (QED) is 0.819. The van der Waals surface area contributed by atoms with Gasteiger partial charge in [0, 0.05) is 19.2 Å². The lowest BCUT2D eigenvalue weighted by molar-refractivity contribution is -0.121. The molecule has 5 heteroatoms. The highest BCUT2D eigenvalue weighted by Gasteiger charge is 2.07. The van der Waals surface area contributed by atoms with Gasteiger partial charge in [-0.3, -0.25) is 4.79 Å². The number of nitrogens with one attached hydrogen (secondary N) is 1. The van der Waals surface area contributed by atoms with Crippen molar-refractivity contribution in [3.05, 3.63) is 28.8 Å². The highest BCUT2D eigenvalue weighted by atomic mass is 35.5. The zero-order valence-corrected chi connectivity index (χ0v) is 9.88. The number of hydrogen-bond acceptors (Lipinski definition) is 3. The van der Waals surface area contributed by atoms with Crippen molar-refractivity contribution in [2.24, 2.45) is 5.73 Å². The monoisotopic (exact) mass is 242 g/mol. The average molecular weight is 243 g/mol. The van der Waals surface area contributed by atoms with Crippen molar-refractivity contribution >= 4 is 17.5 Å². The minimum absolute atomic E-state index is 0.0682. The number of ether oxygens (including phenoxy) is 1. The molecule has 16 heavy (non-hydrogen) atoms. The van der Waals surface area contributed by atoms with Gasteiger partial charge < -0.3 is 15.8 Å². The molecule has 0 saturated heterocycles. The number of nitrogens with two attached hydrogens (primary N) is 1. The van der Waals surface area contributed by atoms with Crippen LogP contribution in [-0.2, 0) is 11.3 Å². The summed E-state index contributed by atoms with van der Waals surface area (Å²) in [7, 11) is 1.59. The van der Waals surface area contributed by atoms with E-state index >= 15 is 0 Å². The van der Waals surface area contributed by atoms with Gasteiger partial charge in [-0.2, -0.15) is 0 Å². The molecule has 1 aromatic carbocycles. The van der Waals surface area contributed by atoms with Crippen molar-refractivity contribution < 1.29 is 9.53 Å². The minimum Gasteiger partial charge on any atom is -0.491 e. The second-order valence-corrected chi connectivity index (χ2v) is 3.61. The fourth-order valence-corrected chi connectivity index (χ4v) is 1.50. The lowest BCUT2D eigenvalue weighted by Gasteiger charge is -2.11. The van der Waals surface area contributed by atoms with Crippen LogP contribution in [0.1, 0.15) is 12.0 Å². The molecule has 0 aliphatic heterocycles. The number of halogens is 1. The Morgan fingerprint density at radius 2 is 2.31 bits per heavy atom. The molecule has 1 amide bonds. The van der Waals surface area contributed by atoms with E-state index in [0.29, 0.717) is 23.7 Å². The van der Waals surface area contributed by atoms with Gasteiger partial charge in [-0.05, 0) is 6.07 Å². The van der Waals surface area contributed by atoms with Gasteiger partial charge in [-0.1, -0.05) is 23.7 Å². The molecule has 88 valence electrons. The van der Waals surface area contributed by atoms with Crippen molar-refractivity contribution in [2.75, 3.05) is 13.7 Å². The predicted octanol–water partition coefficient (Wildman–Crippen LogP) is 1.31. The van der Waals surface area contributed by atoms with E-state index in [1.54, 1.807) is 13.1 Å². The van der Waals surface area contributed by atoms with Crippen LogP contribution < -0.4 is 15.8 Å². The van der Waals surface area contributed by atoms with Crippen LogP contribution >= 0.6 is 11.6 Å². The third-order valence-corrected chi connectivity index (χ3v) is 2.42. The number of carbonyl (C=O) groups is 1. The van der Waals surface area contributed by atoms with Crippen molar-refractivity contribution in [3.63, 3.8) is 0 Å². The first kappa shape index (κ1) is 12.8. The number of rotatable bonds is 5. The van der Waals surface area contributed by atoms with E-state index in [9.17, 15) is 4.79 Å². The molecular weight excluding hydrogens is 228 g/mol. The number of hydrogen-bond donors (Lipinski definition) is 2. The van der Waals surface area contributed by atoms with Crippen molar-refractivity contribution in [1.29, 1.82) is 0 Å². The third-order valence-electron chi connectivity index (χ3n) is 2.12. The minimum atomic E-state index is -0.0682. The molecule has 0 unspecified atom stereocenters. The number of amides is 1. The SMILES string of the molecule is CNC(=O)CCOc1c(Cl)cccc1CN. The van der Waals surface area contributed by atoms with Gasteiger partial charge in [0.15, 0.2) is 0 Å². The molecule has 1 rings (SSSR count). The summed E-state index contributed by atoms with van der Waals surface area (Å²) in [6.07, 6.45) is 0.297. The van der Waals surface area contributed by atoms with Gasteiger partial charge in [0.25, 0.3) is 0 Å². The first-order valence-corrected chi connectivity index (χ1v) is 5.37. The zero-order valence-electron chi connectivity index (χ0n) is 9.13. The van der Waals surface area contributed by atoms with Gasteiger partial charge in [-0.15, -0.1) is 0 Å². The predicted molar refractivity (Wildman–Crippen MR) is 63.5 cm³/mol. The van der Waals surface area contributed by atoms with E-state index < -0.39 is 0 Å². The van der Waals surface area contributed by atoms with Gasteiger partial charge in [-0.25, -0.2) is 0 Å².